The van der Waals surface area contributed by atoms with Gasteiger partial charge in [0.15, 0.2) is 0 Å². The van der Waals surface area contributed by atoms with Crippen molar-refractivity contribution in [2.75, 3.05) is 7.05 Å². The minimum absolute atomic E-state index is 0.0429. The number of nitrogens with zero attached hydrogens (tertiary/aromatic N) is 3. The first-order valence-electron chi connectivity index (χ1n) is 6.29. The lowest BCUT2D eigenvalue weighted by Crippen LogP contribution is -2.27. The molecule has 0 saturated carbocycles. The number of aryl methyl sites for hydroxylation is 2. The Morgan fingerprint density at radius 2 is 2.00 bits per heavy atom. The third-order valence-corrected chi connectivity index (χ3v) is 3.47. The summed E-state index contributed by atoms with van der Waals surface area (Å²) in [6, 6.07) is 7.65. The van der Waals surface area contributed by atoms with E-state index in [1.807, 2.05) is 63.1 Å². The van der Waals surface area contributed by atoms with E-state index < -0.39 is 0 Å². The van der Waals surface area contributed by atoms with E-state index in [2.05, 4.69) is 5.10 Å². The number of carbonyl (C=O) groups is 1. The lowest BCUT2D eigenvalue weighted by atomic mass is 10.1. The smallest absolute Gasteiger partial charge is 0.254 e. The third-order valence-electron chi connectivity index (χ3n) is 3.47. The molecule has 0 aliphatic carbocycles. The highest BCUT2D eigenvalue weighted by atomic mass is 16.2. The van der Waals surface area contributed by atoms with E-state index >= 15 is 0 Å². The van der Waals surface area contributed by atoms with Gasteiger partial charge in [-0.3, -0.25) is 9.48 Å². The maximum absolute atomic E-state index is 12.4. The van der Waals surface area contributed by atoms with Crippen LogP contribution < -0.4 is 0 Å². The number of aromatic nitrogens is 2. The highest BCUT2D eigenvalue weighted by Crippen LogP contribution is 2.13. The van der Waals surface area contributed by atoms with Crippen molar-refractivity contribution in [3.8, 4) is 0 Å². The zero-order valence-corrected chi connectivity index (χ0v) is 11.8. The summed E-state index contributed by atoms with van der Waals surface area (Å²) in [7, 11) is 3.73. The summed E-state index contributed by atoms with van der Waals surface area (Å²) >= 11 is 0. The molecular weight excluding hydrogens is 238 g/mol. The zero-order valence-electron chi connectivity index (χ0n) is 11.8. The van der Waals surface area contributed by atoms with Gasteiger partial charge in [0.2, 0.25) is 0 Å². The molecule has 0 unspecified atom stereocenters. The number of hydrogen-bond acceptors (Lipinski definition) is 2. The Hall–Kier alpha value is -2.10. The Morgan fingerprint density at radius 1 is 1.32 bits per heavy atom. The van der Waals surface area contributed by atoms with Crippen LogP contribution in [0.15, 0.2) is 30.5 Å². The predicted molar refractivity (Wildman–Crippen MR) is 74.9 cm³/mol. The molecule has 100 valence electrons. The van der Waals surface area contributed by atoms with Crippen LogP contribution in [0.3, 0.4) is 0 Å². The fraction of sp³-hybridized carbons (Fsp3) is 0.333. The number of hydrogen-bond donors (Lipinski definition) is 0. The lowest BCUT2D eigenvalue weighted by Gasteiger charge is -2.18. The topological polar surface area (TPSA) is 38.1 Å². The van der Waals surface area contributed by atoms with Crippen LogP contribution in [0.4, 0.5) is 0 Å². The van der Waals surface area contributed by atoms with E-state index in [1.165, 1.54) is 0 Å². The summed E-state index contributed by atoms with van der Waals surface area (Å²) in [4.78, 5) is 14.1. The molecule has 4 nitrogen and oxygen atoms in total. The van der Waals surface area contributed by atoms with Crippen LogP contribution >= 0.6 is 0 Å². The van der Waals surface area contributed by atoms with Crippen molar-refractivity contribution < 1.29 is 4.79 Å². The average Bonchev–Trinajstić information content (AvgIpc) is 2.70. The van der Waals surface area contributed by atoms with E-state index in [-0.39, 0.29) is 5.91 Å². The van der Waals surface area contributed by atoms with Crippen LogP contribution in [0.1, 0.15) is 27.2 Å². The number of carbonyl (C=O) groups excluding carboxylic acids is 1. The molecule has 1 aromatic heterocycles. The van der Waals surface area contributed by atoms with Gasteiger partial charge >= 0.3 is 0 Å². The molecule has 1 amide bonds. The normalized spacial score (nSPS) is 10.5. The first-order valence-corrected chi connectivity index (χ1v) is 6.29. The molecule has 0 bridgehead atoms. The van der Waals surface area contributed by atoms with Crippen LogP contribution in [-0.2, 0) is 13.6 Å². The second-order valence-corrected chi connectivity index (χ2v) is 4.85. The largest absolute Gasteiger partial charge is 0.337 e. The van der Waals surface area contributed by atoms with Gasteiger partial charge in [0.1, 0.15) is 0 Å². The second-order valence-electron chi connectivity index (χ2n) is 4.85. The summed E-state index contributed by atoms with van der Waals surface area (Å²) in [5.74, 6) is 0.0429. The van der Waals surface area contributed by atoms with Gasteiger partial charge in [-0.1, -0.05) is 18.2 Å². The molecule has 2 aromatic rings. The standard InChI is InChI=1S/C15H19N3O/c1-11-7-5-6-8-14(11)15(19)17(3)10-13-9-16-18(4)12(13)2/h5-9H,10H2,1-4H3. The number of amides is 1. The Morgan fingerprint density at radius 3 is 2.58 bits per heavy atom. The van der Waals surface area contributed by atoms with Crippen LogP contribution in [-0.4, -0.2) is 27.6 Å². The predicted octanol–water partition coefficient (Wildman–Crippen LogP) is 2.31. The third kappa shape index (κ3) is 2.67. The van der Waals surface area contributed by atoms with Crippen molar-refractivity contribution >= 4 is 5.91 Å². The summed E-state index contributed by atoms with van der Waals surface area (Å²) in [5, 5.41) is 4.20. The minimum atomic E-state index is 0.0429. The van der Waals surface area contributed by atoms with Gasteiger partial charge in [0.05, 0.1) is 6.20 Å². The van der Waals surface area contributed by atoms with E-state index in [4.69, 9.17) is 0 Å². The second kappa shape index (κ2) is 5.26. The SMILES string of the molecule is Cc1ccccc1C(=O)N(C)Cc1cnn(C)c1C. The average molecular weight is 257 g/mol. The molecule has 0 saturated heterocycles. The van der Waals surface area contributed by atoms with E-state index in [0.717, 1.165) is 22.4 Å². The molecule has 0 radical (unpaired) electrons. The quantitative estimate of drug-likeness (QED) is 0.846. The van der Waals surface area contributed by atoms with Gasteiger partial charge in [-0.25, -0.2) is 0 Å². The van der Waals surface area contributed by atoms with Crippen molar-refractivity contribution in [3.05, 3.63) is 52.8 Å². The van der Waals surface area contributed by atoms with Crippen molar-refractivity contribution in [2.24, 2.45) is 7.05 Å². The first kappa shape index (κ1) is 13.3. The Bertz CT molecular complexity index is 601. The fourth-order valence-corrected chi connectivity index (χ4v) is 2.05. The van der Waals surface area contributed by atoms with Crippen LogP contribution in [0.5, 0.6) is 0 Å². The van der Waals surface area contributed by atoms with E-state index in [9.17, 15) is 4.79 Å². The van der Waals surface area contributed by atoms with Gasteiger partial charge in [0, 0.05) is 37.5 Å². The molecule has 4 heteroatoms. The maximum Gasteiger partial charge on any atom is 0.254 e. The van der Waals surface area contributed by atoms with Crippen molar-refractivity contribution in [2.45, 2.75) is 20.4 Å². The van der Waals surface area contributed by atoms with Crippen molar-refractivity contribution in [1.29, 1.82) is 0 Å². The molecule has 19 heavy (non-hydrogen) atoms. The van der Waals surface area contributed by atoms with Gasteiger partial charge in [-0.05, 0) is 25.5 Å². The van der Waals surface area contributed by atoms with Crippen LogP contribution in [0, 0.1) is 13.8 Å². The number of benzene rings is 1. The van der Waals surface area contributed by atoms with Crippen LogP contribution in [0.2, 0.25) is 0 Å². The molecule has 0 atom stereocenters. The molecule has 0 aliphatic rings. The fourth-order valence-electron chi connectivity index (χ4n) is 2.05. The summed E-state index contributed by atoms with van der Waals surface area (Å²) in [5.41, 5.74) is 3.92. The zero-order chi connectivity index (χ0) is 14.0. The van der Waals surface area contributed by atoms with Gasteiger partial charge in [0.25, 0.3) is 5.91 Å². The Labute approximate surface area is 113 Å². The molecule has 1 aromatic carbocycles. The van der Waals surface area contributed by atoms with Crippen molar-refractivity contribution in [1.82, 2.24) is 14.7 Å². The summed E-state index contributed by atoms with van der Waals surface area (Å²) in [6.45, 7) is 4.54. The van der Waals surface area contributed by atoms with Crippen LogP contribution in [0.25, 0.3) is 0 Å². The molecule has 1 heterocycles. The Kier molecular flexibility index (Phi) is 3.69. The van der Waals surface area contributed by atoms with Crippen molar-refractivity contribution in [3.63, 3.8) is 0 Å². The Balaban J connectivity index is 2.17. The molecule has 0 aliphatic heterocycles. The van der Waals surface area contributed by atoms with Gasteiger partial charge < -0.3 is 4.90 Å². The van der Waals surface area contributed by atoms with Gasteiger partial charge in [-0.15, -0.1) is 0 Å². The maximum atomic E-state index is 12.4. The molecule has 0 N–H and O–H groups in total. The first-order chi connectivity index (χ1) is 9.00. The lowest BCUT2D eigenvalue weighted by molar-refractivity contribution is 0.0784. The summed E-state index contributed by atoms with van der Waals surface area (Å²) in [6.07, 6.45) is 1.82. The molecule has 0 fully saturated rings. The molecular formula is C15H19N3O. The van der Waals surface area contributed by atoms with E-state index in [0.29, 0.717) is 6.54 Å². The minimum Gasteiger partial charge on any atom is -0.337 e. The molecule has 0 spiro atoms. The molecule has 2 rings (SSSR count). The monoisotopic (exact) mass is 257 g/mol. The highest BCUT2D eigenvalue weighted by molar-refractivity contribution is 5.95. The highest BCUT2D eigenvalue weighted by Gasteiger charge is 2.15. The number of rotatable bonds is 3. The van der Waals surface area contributed by atoms with E-state index in [1.54, 1.807) is 4.90 Å². The van der Waals surface area contributed by atoms with Gasteiger partial charge in [-0.2, -0.15) is 5.10 Å². The summed E-state index contributed by atoms with van der Waals surface area (Å²) < 4.78 is 1.82.